The lowest BCUT2D eigenvalue weighted by Gasteiger charge is -2.25. The number of benzene rings is 5. The van der Waals surface area contributed by atoms with Crippen LogP contribution in [0.2, 0.25) is 5.02 Å². The standard InChI is InChI=1S/C40H28ClN5O3S2/c41-29-15-20-34-35(24-29)42-22-21-36(34)46(33-18-11-27(12-19-33)23-37-39(49)44(26-38(47)48)40(50)51-37)43-25-28-13-16-32(17-14-28)45(30-7-3-1-4-8-30)31-9-5-2-6-10-31/h1-25H,26H2,(H,47,48)/b37-23-,43-25+. The number of pyridine rings is 1. The number of aromatic nitrogens is 1. The van der Waals surface area contributed by atoms with Gasteiger partial charge in [0.05, 0.1) is 28.0 Å². The van der Waals surface area contributed by atoms with Gasteiger partial charge >= 0.3 is 5.97 Å². The number of carboxylic acids is 1. The van der Waals surface area contributed by atoms with Gasteiger partial charge < -0.3 is 10.0 Å². The number of hydrogen-bond donors (Lipinski definition) is 1. The van der Waals surface area contributed by atoms with Gasteiger partial charge in [-0.15, -0.1) is 0 Å². The molecule has 8 nitrogen and oxygen atoms in total. The number of rotatable bonds is 10. The number of thioether (sulfide) groups is 1. The number of anilines is 5. The van der Waals surface area contributed by atoms with E-state index >= 15 is 0 Å². The molecule has 1 N–H and O–H groups in total. The molecule has 1 amide bonds. The van der Waals surface area contributed by atoms with Crippen molar-refractivity contribution < 1.29 is 14.7 Å². The fourth-order valence-electron chi connectivity index (χ4n) is 5.63. The number of carboxylic acid groups (broad SMARTS) is 1. The molecule has 1 aromatic heterocycles. The third-order valence-electron chi connectivity index (χ3n) is 8.01. The predicted octanol–water partition coefficient (Wildman–Crippen LogP) is 9.82. The molecule has 0 atom stereocenters. The molecule has 250 valence electrons. The molecule has 0 aliphatic carbocycles. The van der Waals surface area contributed by atoms with Crippen LogP contribution in [0.5, 0.6) is 0 Å². The highest BCUT2D eigenvalue weighted by atomic mass is 35.5. The van der Waals surface area contributed by atoms with Crippen LogP contribution in [0.1, 0.15) is 11.1 Å². The first-order chi connectivity index (χ1) is 24.8. The number of hydrazone groups is 1. The molecule has 0 saturated carbocycles. The van der Waals surface area contributed by atoms with Gasteiger partial charge in [-0.25, -0.2) is 5.01 Å². The molecule has 1 aliphatic heterocycles. The Morgan fingerprint density at radius 1 is 0.824 bits per heavy atom. The van der Waals surface area contributed by atoms with Crippen molar-refractivity contribution in [2.75, 3.05) is 16.5 Å². The zero-order valence-corrected chi connectivity index (χ0v) is 29.2. The Morgan fingerprint density at radius 2 is 1.43 bits per heavy atom. The Bertz CT molecular complexity index is 2260. The molecule has 6 aromatic rings. The lowest BCUT2D eigenvalue weighted by atomic mass is 10.1. The van der Waals surface area contributed by atoms with Crippen LogP contribution in [0.4, 0.5) is 28.4 Å². The van der Waals surface area contributed by atoms with Crippen LogP contribution >= 0.6 is 35.6 Å². The minimum Gasteiger partial charge on any atom is -0.480 e. The van der Waals surface area contributed by atoms with E-state index in [4.69, 9.17) is 34.0 Å². The first kappa shape index (κ1) is 33.7. The Kier molecular flexibility index (Phi) is 9.89. The van der Waals surface area contributed by atoms with Crippen molar-refractivity contribution in [3.05, 3.63) is 161 Å². The van der Waals surface area contributed by atoms with Gasteiger partial charge in [0, 0.05) is 33.7 Å². The summed E-state index contributed by atoms with van der Waals surface area (Å²) in [7, 11) is 0. The number of thiocarbonyl (C=S) groups is 1. The number of nitrogens with zero attached hydrogens (tertiary/aromatic N) is 5. The quantitative estimate of drug-likeness (QED) is 0.0646. The Balaban J connectivity index is 1.21. The molecule has 2 heterocycles. The van der Waals surface area contributed by atoms with E-state index in [1.165, 1.54) is 0 Å². The Hall–Kier alpha value is -5.81. The van der Waals surface area contributed by atoms with Crippen LogP contribution in [0.3, 0.4) is 0 Å². The smallest absolute Gasteiger partial charge is 0.323 e. The summed E-state index contributed by atoms with van der Waals surface area (Å²) >= 11 is 12.6. The van der Waals surface area contributed by atoms with E-state index < -0.39 is 18.4 Å². The number of carbonyl (C=O) groups is 2. The molecule has 0 radical (unpaired) electrons. The molecule has 0 bridgehead atoms. The van der Waals surface area contributed by atoms with E-state index in [0.29, 0.717) is 9.93 Å². The van der Waals surface area contributed by atoms with Gasteiger partial charge in [0.2, 0.25) is 0 Å². The maximum Gasteiger partial charge on any atom is 0.323 e. The summed E-state index contributed by atoms with van der Waals surface area (Å²) in [6.45, 7) is -0.472. The molecule has 1 aliphatic rings. The largest absolute Gasteiger partial charge is 0.480 e. The average Bonchev–Trinajstić information content (AvgIpc) is 3.40. The van der Waals surface area contributed by atoms with Crippen LogP contribution in [0.15, 0.2) is 150 Å². The summed E-state index contributed by atoms with van der Waals surface area (Å²) < 4.78 is 0.219. The molecule has 7 rings (SSSR count). The van der Waals surface area contributed by atoms with Crippen LogP contribution in [-0.4, -0.2) is 43.9 Å². The lowest BCUT2D eigenvalue weighted by Crippen LogP contribution is -2.33. The second kappa shape index (κ2) is 15.0. The molecule has 1 fully saturated rings. The normalized spacial score (nSPS) is 13.7. The summed E-state index contributed by atoms with van der Waals surface area (Å²) in [6, 6.07) is 43.7. The third-order valence-corrected chi connectivity index (χ3v) is 9.63. The minimum atomic E-state index is -1.12. The summed E-state index contributed by atoms with van der Waals surface area (Å²) in [5, 5.41) is 17.4. The van der Waals surface area contributed by atoms with E-state index in [1.807, 2.05) is 108 Å². The number of carbonyl (C=O) groups excluding carboxylic acids is 1. The average molecular weight is 726 g/mol. The number of hydrogen-bond acceptors (Lipinski definition) is 8. The number of aliphatic carboxylic acids is 1. The summed E-state index contributed by atoms with van der Waals surface area (Å²) in [5.74, 6) is -1.55. The maximum absolute atomic E-state index is 12.8. The van der Waals surface area contributed by atoms with Gasteiger partial charge in [-0.05, 0) is 90.0 Å². The second-order valence-corrected chi connectivity index (χ2v) is 13.5. The van der Waals surface area contributed by atoms with E-state index in [1.54, 1.807) is 12.3 Å². The topological polar surface area (TPSA) is 89.3 Å². The maximum atomic E-state index is 12.8. The summed E-state index contributed by atoms with van der Waals surface area (Å²) in [6.07, 6.45) is 5.24. The second-order valence-electron chi connectivity index (χ2n) is 11.4. The van der Waals surface area contributed by atoms with Crippen molar-refractivity contribution in [3.8, 4) is 0 Å². The van der Waals surface area contributed by atoms with Gasteiger partial charge in [0.1, 0.15) is 10.9 Å². The first-order valence-corrected chi connectivity index (χ1v) is 17.4. The summed E-state index contributed by atoms with van der Waals surface area (Å²) in [5.41, 5.74) is 7.05. The van der Waals surface area contributed by atoms with Crippen molar-refractivity contribution in [2.45, 2.75) is 0 Å². The van der Waals surface area contributed by atoms with Crippen molar-refractivity contribution in [1.29, 1.82) is 0 Å². The van der Waals surface area contributed by atoms with Gasteiger partial charge in [-0.1, -0.05) is 96.2 Å². The van der Waals surface area contributed by atoms with Gasteiger partial charge in [-0.2, -0.15) is 5.10 Å². The molecular weight excluding hydrogens is 698 g/mol. The SMILES string of the molecule is O=C(O)CN1C(=O)/C(=C/c2ccc(N(/N=C/c3ccc(N(c4ccccc4)c4ccccc4)cc3)c3ccnc4cc(Cl)ccc34)cc2)SC1=S. The molecule has 0 spiro atoms. The zero-order chi connectivity index (χ0) is 35.3. The first-order valence-electron chi connectivity index (χ1n) is 15.8. The van der Waals surface area contributed by atoms with Crippen LogP contribution in [-0.2, 0) is 9.59 Å². The van der Waals surface area contributed by atoms with Crippen molar-refractivity contribution >= 4 is 103 Å². The Morgan fingerprint density at radius 3 is 2.08 bits per heavy atom. The predicted molar refractivity (Wildman–Crippen MR) is 212 cm³/mol. The van der Waals surface area contributed by atoms with Crippen molar-refractivity contribution in [1.82, 2.24) is 9.88 Å². The van der Waals surface area contributed by atoms with E-state index in [-0.39, 0.29) is 4.32 Å². The highest BCUT2D eigenvalue weighted by Crippen LogP contribution is 2.36. The fourth-order valence-corrected chi connectivity index (χ4v) is 7.05. The monoisotopic (exact) mass is 725 g/mol. The van der Waals surface area contributed by atoms with E-state index in [9.17, 15) is 9.59 Å². The van der Waals surface area contributed by atoms with Gasteiger partial charge in [-0.3, -0.25) is 19.5 Å². The molecule has 11 heteroatoms. The fraction of sp³-hybridized carbons (Fsp3) is 0.0250. The molecule has 0 unspecified atom stereocenters. The van der Waals surface area contributed by atoms with Crippen molar-refractivity contribution in [3.63, 3.8) is 0 Å². The van der Waals surface area contributed by atoms with E-state index in [2.05, 4.69) is 46.3 Å². The number of amides is 1. The number of halogens is 1. The van der Waals surface area contributed by atoms with Crippen LogP contribution in [0, 0.1) is 0 Å². The molecule has 5 aromatic carbocycles. The van der Waals surface area contributed by atoms with Crippen molar-refractivity contribution in [2.24, 2.45) is 5.10 Å². The number of fused-ring (bicyclic) bond motifs is 1. The zero-order valence-electron chi connectivity index (χ0n) is 26.8. The molecule has 1 saturated heterocycles. The van der Waals surface area contributed by atoms with E-state index in [0.717, 1.165) is 67.1 Å². The van der Waals surface area contributed by atoms with Gasteiger partial charge in [0.25, 0.3) is 5.91 Å². The molecule has 51 heavy (non-hydrogen) atoms. The Labute approximate surface area is 308 Å². The van der Waals surface area contributed by atoms with Crippen LogP contribution in [0.25, 0.3) is 17.0 Å². The third kappa shape index (κ3) is 7.53. The molecular formula is C40H28ClN5O3S2. The number of para-hydroxylation sites is 2. The van der Waals surface area contributed by atoms with Crippen LogP contribution < -0.4 is 9.91 Å². The lowest BCUT2D eigenvalue weighted by molar-refractivity contribution is -0.140. The summed E-state index contributed by atoms with van der Waals surface area (Å²) in [4.78, 5) is 32.2. The highest BCUT2D eigenvalue weighted by Gasteiger charge is 2.33. The minimum absolute atomic E-state index is 0.219. The van der Waals surface area contributed by atoms with Gasteiger partial charge in [0.15, 0.2) is 0 Å². The highest BCUT2D eigenvalue weighted by molar-refractivity contribution is 8.26.